The van der Waals surface area contributed by atoms with E-state index in [0.29, 0.717) is 37.6 Å². The summed E-state index contributed by atoms with van der Waals surface area (Å²) in [5.74, 6) is 0.678. The van der Waals surface area contributed by atoms with Gasteiger partial charge in [-0.1, -0.05) is 23.7 Å². The lowest BCUT2D eigenvalue weighted by Gasteiger charge is -2.42. The van der Waals surface area contributed by atoms with Crippen molar-refractivity contribution in [2.24, 2.45) is 5.92 Å². The molecule has 0 radical (unpaired) electrons. The number of hydrogen-bond acceptors (Lipinski definition) is 3. The lowest BCUT2D eigenvalue weighted by molar-refractivity contribution is -0.121. The number of ketones is 1. The Kier molecular flexibility index (Phi) is 5.58. The quantitative estimate of drug-likeness (QED) is 0.688. The summed E-state index contributed by atoms with van der Waals surface area (Å²) in [6, 6.07) is 6.25. The van der Waals surface area contributed by atoms with E-state index in [2.05, 4.69) is 12.1 Å². The summed E-state index contributed by atoms with van der Waals surface area (Å²) in [5, 5.41) is 0.766. The molecule has 27 heavy (non-hydrogen) atoms. The summed E-state index contributed by atoms with van der Waals surface area (Å²) in [4.78, 5) is 26.3. The van der Waals surface area contributed by atoms with Crippen LogP contribution in [0.2, 0.25) is 5.02 Å². The average Bonchev–Trinajstić information content (AvgIpc) is 3.08. The second-order valence-corrected chi connectivity index (χ2v) is 9.48. The van der Waals surface area contributed by atoms with Gasteiger partial charge in [0, 0.05) is 36.4 Å². The van der Waals surface area contributed by atoms with Crippen molar-refractivity contribution in [1.82, 2.24) is 4.90 Å². The van der Waals surface area contributed by atoms with Crippen LogP contribution in [0, 0.1) is 12.8 Å². The summed E-state index contributed by atoms with van der Waals surface area (Å²) in [6.07, 6.45) is 3.63. The van der Waals surface area contributed by atoms with E-state index < -0.39 is 5.60 Å². The minimum absolute atomic E-state index is 0.0694. The molecule has 1 saturated carbocycles. The molecule has 1 aliphatic carbocycles. The lowest BCUT2D eigenvalue weighted by Crippen LogP contribution is -2.42. The molecule has 1 atom stereocenters. The number of benzene rings is 1. The largest absolute Gasteiger partial charge is 0.444 e. The van der Waals surface area contributed by atoms with Crippen LogP contribution in [0.5, 0.6) is 0 Å². The number of nitrogens with zero attached hydrogens (tertiary/aromatic N) is 1. The molecule has 1 heterocycles. The first-order valence-corrected chi connectivity index (χ1v) is 10.2. The molecule has 2 fully saturated rings. The minimum atomic E-state index is -0.489. The highest BCUT2D eigenvalue weighted by molar-refractivity contribution is 6.31. The monoisotopic (exact) mass is 391 g/mol. The first-order chi connectivity index (χ1) is 12.6. The van der Waals surface area contributed by atoms with Crippen LogP contribution in [0.1, 0.15) is 64.0 Å². The Hall–Kier alpha value is -1.55. The maximum Gasteiger partial charge on any atom is 0.410 e. The Labute approximate surface area is 167 Å². The van der Waals surface area contributed by atoms with E-state index in [4.69, 9.17) is 16.3 Å². The van der Waals surface area contributed by atoms with Crippen LogP contribution in [0.15, 0.2) is 18.2 Å². The standard InChI is InChI=1S/C22H30ClNO3/c1-15-13-16(5-6-19(15)23)22(10-7-18(25)8-11-22)17-9-12-24(14-17)20(26)27-21(2,3)4/h5-6,13,17H,7-12,14H2,1-4H3. The molecule has 3 rings (SSSR count). The van der Waals surface area contributed by atoms with Crippen molar-refractivity contribution < 1.29 is 14.3 Å². The molecule has 1 amide bonds. The second-order valence-electron chi connectivity index (χ2n) is 9.07. The first-order valence-electron chi connectivity index (χ1n) is 9.87. The van der Waals surface area contributed by atoms with Crippen LogP contribution in [0.25, 0.3) is 0 Å². The Morgan fingerprint density at radius 2 is 1.93 bits per heavy atom. The number of rotatable bonds is 2. The van der Waals surface area contributed by atoms with Gasteiger partial charge in [-0.2, -0.15) is 0 Å². The Morgan fingerprint density at radius 3 is 2.52 bits per heavy atom. The highest BCUT2D eigenvalue weighted by atomic mass is 35.5. The van der Waals surface area contributed by atoms with E-state index in [-0.39, 0.29) is 11.5 Å². The molecular formula is C22H30ClNO3. The second kappa shape index (κ2) is 7.46. The van der Waals surface area contributed by atoms with Crippen molar-refractivity contribution in [3.63, 3.8) is 0 Å². The van der Waals surface area contributed by atoms with Gasteiger partial charge in [0.1, 0.15) is 11.4 Å². The Bertz CT molecular complexity index is 728. The van der Waals surface area contributed by atoms with Crippen molar-refractivity contribution in [3.8, 4) is 0 Å². The van der Waals surface area contributed by atoms with Crippen LogP contribution < -0.4 is 0 Å². The highest BCUT2D eigenvalue weighted by Gasteiger charge is 2.46. The molecule has 1 aromatic rings. The third-order valence-corrected chi connectivity index (χ3v) is 6.48. The topological polar surface area (TPSA) is 46.6 Å². The van der Waals surface area contributed by atoms with Crippen molar-refractivity contribution in [3.05, 3.63) is 34.3 Å². The molecule has 0 bridgehead atoms. The van der Waals surface area contributed by atoms with Crippen LogP contribution in [0.3, 0.4) is 0 Å². The average molecular weight is 392 g/mol. The maximum absolute atomic E-state index is 12.5. The van der Waals surface area contributed by atoms with Gasteiger partial charge in [0.05, 0.1) is 0 Å². The molecule has 4 nitrogen and oxygen atoms in total. The number of carbonyl (C=O) groups excluding carboxylic acids is 2. The highest BCUT2D eigenvalue weighted by Crippen LogP contribution is 2.48. The van der Waals surface area contributed by atoms with Gasteiger partial charge in [0.15, 0.2) is 0 Å². The molecule has 1 aromatic carbocycles. The molecule has 2 aliphatic rings. The fourth-order valence-electron chi connectivity index (χ4n) is 4.57. The SMILES string of the molecule is Cc1cc(C2(C3CCN(C(=O)OC(C)(C)C)C3)CCC(=O)CC2)ccc1Cl. The number of amides is 1. The Balaban J connectivity index is 1.85. The van der Waals surface area contributed by atoms with E-state index in [0.717, 1.165) is 29.8 Å². The van der Waals surface area contributed by atoms with Crippen LogP contribution in [0.4, 0.5) is 4.79 Å². The van der Waals surface area contributed by atoms with Crippen molar-refractivity contribution in [2.45, 2.75) is 70.8 Å². The molecular weight excluding hydrogens is 362 g/mol. The number of hydrogen-bond donors (Lipinski definition) is 0. The van der Waals surface area contributed by atoms with E-state index in [9.17, 15) is 9.59 Å². The minimum Gasteiger partial charge on any atom is -0.444 e. The van der Waals surface area contributed by atoms with E-state index in [1.807, 2.05) is 38.7 Å². The molecule has 5 heteroatoms. The number of ether oxygens (including phenoxy) is 1. The number of halogens is 1. The summed E-state index contributed by atoms with van der Waals surface area (Å²) in [5.41, 5.74) is 1.76. The molecule has 0 aromatic heterocycles. The van der Waals surface area contributed by atoms with Gasteiger partial charge < -0.3 is 9.64 Å². The number of likely N-dealkylation sites (tertiary alicyclic amines) is 1. The Morgan fingerprint density at radius 1 is 1.26 bits per heavy atom. The predicted molar refractivity (Wildman–Crippen MR) is 107 cm³/mol. The zero-order valence-electron chi connectivity index (χ0n) is 16.8. The smallest absolute Gasteiger partial charge is 0.410 e. The van der Waals surface area contributed by atoms with Gasteiger partial charge in [-0.3, -0.25) is 4.79 Å². The molecule has 1 aliphatic heterocycles. The van der Waals surface area contributed by atoms with Gasteiger partial charge in [0.25, 0.3) is 0 Å². The molecule has 0 N–H and O–H groups in total. The lowest BCUT2D eigenvalue weighted by atomic mass is 9.61. The van der Waals surface area contributed by atoms with E-state index in [1.165, 1.54) is 5.56 Å². The van der Waals surface area contributed by atoms with E-state index in [1.54, 1.807) is 0 Å². The van der Waals surface area contributed by atoms with Gasteiger partial charge in [-0.25, -0.2) is 4.79 Å². The van der Waals surface area contributed by atoms with Crippen molar-refractivity contribution in [1.29, 1.82) is 0 Å². The van der Waals surface area contributed by atoms with Gasteiger partial charge in [0.2, 0.25) is 0 Å². The normalized spacial score (nSPS) is 22.8. The van der Waals surface area contributed by atoms with Crippen LogP contribution in [-0.4, -0.2) is 35.5 Å². The summed E-state index contributed by atoms with van der Waals surface area (Å²) in [7, 11) is 0. The van der Waals surface area contributed by atoms with Gasteiger partial charge >= 0.3 is 6.09 Å². The number of Topliss-reactive ketones (excluding diaryl/α,β-unsaturated/α-hetero) is 1. The zero-order chi connectivity index (χ0) is 19.8. The summed E-state index contributed by atoms with van der Waals surface area (Å²) < 4.78 is 5.56. The van der Waals surface area contributed by atoms with Crippen LogP contribution >= 0.6 is 11.6 Å². The summed E-state index contributed by atoms with van der Waals surface area (Å²) >= 11 is 6.25. The number of aryl methyl sites for hydroxylation is 1. The molecule has 148 valence electrons. The van der Waals surface area contributed by atoms with E-state index >= 15 is 0 Å². The molecule has 1 unspecified atom stereocenters. The number of carbonyl (C=O) groups is 2. The van der Waals surface area contributed by atoms with Crippen LogP contribution in [-0.2, 0) is 14.9 Å². The molecule has 1 saturated heterocycles. The fourth-order valence-corrected chi connectivity index (χ4v) is 4.68. The first kappa shape index (κ1) is 20.2. The van der Waals surface area contributed by atoms with Crippen molar-refractivity contribution >= 4 is 23.5 Å². The third kappa shape index (κ3) is 4.31. The van der Waals surface area contributed by atoms with Gasteiger partial charge in [-0.05, 0) is 70.1 Å². The molecule has 0 spiro atoms. The maximum atomic E-state index is 12.5. The summed E-state index contributed by atoms with van der Waals surface area (Å²) in [6.45, 7) is 9.09. The van der Waals surface area contributed by atoms with Crippen molar-refractivity contribution in [2.75, 3.05) is 13.1 Å². The third-order valence-electron chi connectivity index (χ3n) is 6.05. The fraction of sp³-hybridized carbons (Fsp3) is 0.636. The van der Waals surface area contributed by atoms with Gasteiger partial charge in [-0.15, -0.1) is 0 Å². The predicted octanol–water partition coefficient (Wildman–Crippen LogP) is 5.29. The zero-order valence-corrected chi connectivity index (χ0v) is 17.6.